The summed E-state index contributed by atoms with van der Waals surface area (Å²) in [6, 6.07) is 0. The Morgan fingerprint density at radius 1 is 1.50 bits per heavy atom. The molecule has 2 rings (SSSR count). The summed E-state index contributed by atoms with van der Waals surface area (Å²) < 4.78 is 0. The largest absolute Gasteiger partial charge is 0.451 e. The van der Waals surface area contributed by atoms with E-state index in [9.17, 15) is 4.79 Å². The minimum absolute atomic E-state index is 0.107. The molecule has 2 N–H and O–H groups in total. The molecule has 12 heavy (non-hydrogen) atoms. The van der Waals surface area contributed by atoms with Crippen molar-refractivity contribution in [1.29, 1.82) is 0 Å². The van der Waals surface area contributed by atoms with Crippen LogP contribution in [-0.2, 0) is 4.79 Å². The van der Waals surface area contributed by atoms with Gasteiger partial charge < -0.3 is 10.0 Å². The third-order valence-electron chi connectivity index (χ3n) is 3.51. The molecule has 0 radical (unpaired) electrons. The van der Waals surface area contributed by atoms with Crippen molar-refractivity contribution < 1.29 is 14.8 Å². The summed E-state index contributed by atoms with van der Waals surface area (Å²) in [6.45, 7) is 0. The van der Waals surface area contributed by atoms with E-state index >= 15 is 0 Å². The second-order valence-electron chi connectivity index (χ2n) is 4.05. The molecule has 2 saturated carbocycles. The normalized spacial score (nSPS) is 31.2. The third kappa shape index (κ3) is 0.946. The maximum absolute atomic E-state index is 11.3. The molecule has 1 unspecified atom stereocenters. The fraction of sp³-hybridized carbons (Fsp3) is 0.875. The Balaban J connectivity index is 1.97. The topological polar surface area (TPSA) is 57.5 Å². The average Bonchev–Trinajstić information content (AvgIpc) is 1.81. The van der Waals surface area contributed by atoms with Gasteiger partial charge >= 0.3 is 7.12 Å². The van der Waals surface area contributed by atoms with E-state index in [-0.39, 0.29) is 11.3 Å². The lowest BCUT2D eigenvalue weighted by molar-refractivity contribution is -0.154. The van der Waals surface area contributed by atoms with Gasteiger partial charge in [0.2, 0.25) is 0 Å². The first kappa shape index (κ1) is 8.26. The van der Waals surface area contributed by atoms with Crippen molar-refractivity contribution in [3.05, 3.63) is 0 Å². The second kappa shape index (κ2) is 2.57. The first-order valence-corrected chi connectivity index (χ1v) is 4.54. The molecular weight excluding hydrogens is 155 g/mol. The van der Waals surface area contributed by atoms with E-state index in [1.165, 1.54) is 0 Å². The smallest absolute Gasteiger partial charge is 0.427 e. The fourth-order valence-electron chi connectivity index (χ4n) is 2.53. The highest BCUT2D eigenvalue weighted by atomic mass is 16.4. The average molecular weight is 168 g/mol. The number of rotatable bonds is 2. The number of Topliss-reactive ketones (excluding diaryl/α,β-unsaturated/α-hetero) is 1. The number of carbonyl (C=O) groups is 1. The van der Waals surface area contributed by atoms with Crippen molar-refractivity contribution in [1.82, 2.24) is 0 Å². The lowest BCUT2D eigenvalue weighted by atomic mass is 9.45. The van der Waals surface area contributed by atoms with Crippen molar-refractivity contribution in [3.8, 4) is 0 Å². The SMILES string of the molecule is O=C1CC(CB(O)O)C12CCC2. The molecule has 1 atom stereocenters. The molecule has 3 nitrogen and oxygen atoms in total. The summed E-state index contributed by atoms with van der Waals surface area (Å²) in [4.78, 5) is 11.3. The van der Waals surface area contributed by atoms with Crippen molar-refractivity contribution >= 4 is 12.9 Å². The van der Waals surface area contributed by atoms with Crippen LogP contribution in [0, 0.1) is 11.3 Å². The Morgan fingerprint density at radius 2 is 2.17 bits per heavy atom. The maximum atomic E-state index is 11.3. The number of ketones is 1. The van der Waals surface area contributed by atoms with Crippen LogP contribution in [0.5, 0.6) is 0 Å². The summed E-state index contributed by atoms with van der Waals surface area (Å²) in [5.41, 5.74) is -0.107. The van der Waals surface area contributed by atoms with Crippen LogP contribution in [-0.4, -0.2) is 22.9 Å². The van der Waals surface area contributed by atoms with E-state index in [2.05, 4.69) is 0 Å². The summed E-state index contributed by atoms with van der Waals surface area (Å²) in [5, 5.41) is 17.5. The predicted molar refractivity (Wildman–Crippen MR) is 44.4 cm³/mol. The van der Waals surface area contributed by atoms with E-state index in [0.717, 1.165) is 19.3 Å². The van der Waals surface area contributed by atoms with Crippen LogP contribution in [0.15, 0.2) is 0 Å². The van der Waals surface area contributed by atoms with Gasteiger partial charge in [-0.3, -0.25) is 4.79 Å². The van der Waals surface area contributed by atoms with Gasteiger partial charge in [-0.15, -0.1) is 0 Å². The van der Waals surface area contributed by atoms with E-state index in [0.29, 0.717) is 18.5 Å². The van der Waals surface area contributed by atoms with E-state index in [4.69, 9.17) is 10.0 Å². The van der Waals surface area contributed by atoms with Crippen molar-refractivity contribution in [2.45, 2.75) is 32.0 Å². The molecule has 0 saturated heterocycles. The maximum Gasteiger partial charge on any atom is 0.451 e. The van der Waals surface area contributed by atoms with Crippen LogP contribution in [0.3, 0.4) is 0 Å². The minimum Gasteiger partial charge on any atom is -0.427 e. The zero-order valence-electron chi connectivity index (χ0n) is 6.99. The number of hydrogen-bond donors (Lipinski definition) is 2. The lowest BCUT2D eigenvalue weighted by Crippen LogP contribution is -2.55. The van der Waals surface area contributed by atoms with Gasteiger partial charge in [-0.05, 0) is 25.1 Å². The monoisotopic (exact) mass is 168 g/mol. The summed E-state index contributed by atoms with van der Waals surface area (Å²) in [5.74, 6) is 0.596. The highest BCUT2D eigenvalue weighted by Gasteiger charge is 2.57. The predicted octanol–water partition coefficient (Wildman–Crippen LogP) is 0.218. The van der Waals surface area contributed by atoms with E-state index < -0.39 is 7.12 Å². The number of hydrogen-bond acceptors (Lipinski definition) is 3. The molecule has 0 heterocycles. The van der Waals surface area contributed by atoms with Gasteiger partial charge in [-0.1, -0.05) is 6.42 Å². The van der Waals surface area contributed by atoms with E-state index in [1.54, 1.807) is 0 Å². The molecule has 0 bridgehead atoms. The van der Waals surface area contributed by atoms with Crippen molar-refractivity contribution in [2.75, 3.05) is 0 Å². The minimum atomic E-state index is -1.24. The summed E-state index contributed by atoms with van der Waals surface area (Å²) in [7, 11) is -1.24. The first-order chi connectivity index (χ1) is 5.65. The molecule has 0 aromatic carbocycles. The van der Waals surface area contributed by atoms with Crippen LogP contribution in [0.1, 0.15) is 25.7 Å². The molecule has 4 heteroatoms. The van der Waals surface area contributed by atoms with Gasteiger partial charge in [0.15, 0.2) is 0 Å². The molecule has 0 aromatic heterocycles. The molecule has 2 aliphatic rings. The van der Waals surface area contributed by atoms with Gasteiger partial charge in [0, 0.05) is 11.8 Å². The van der Waals surface area contributed by atoms with Crippen LogP contribution >= 0.6 is 0 Å². The second-order valence-corrected chi connectivity index (χ2v) is 4.05. The summed E-state index contributed by atoms with van der Waals surface area (Å²) in [6.07, 6.45) is 4.03. The number of carbonyl (C=O) groups excluding carboxylic acids is 1. The standard InChI is InChI=1S/C8H13BO3/c10-7-4-6(5-9(11)12)8(7)2-1-3-8/h6,11-12H,1-5H2. The van der Waals surface area contributed by atoms with Gasteiger partial charge in [0.1, 0.15) is 5.78 Å². The molecule has 0 aliphatic heterocycles. The van der Waals surface area contributed by atoms with Crippen LogP contribution in [0.25, 0.3) is 0 Å². The van der Waals surface area contributed by atoms with Gasteiger partial charge in [0.05, 0.1) is 0 Å². The summed E-state index contributed by atoms with van der Waals surface area (Å²) >= 11 is 0. The van der Waals surface area contributed by atoms with Gasteiger partial charge in [0.25, 0.3) is 0 Å². The first-order valence-electron chi connectivity index (χ1n) is 4.54. The Bertz CT molecular complexity index is 210. The Labute approximate surface area is 71.9 Å². The third-order valence-corrected chi connectivity index (χ3v) is 3.51. The Kier molecular flexibility index (Phi) is 1.77. The molecule has 66 valence electrons. The quantitative estimate of drug-likeness (QED) is 0.579. The lowest BCUT2D eigenvalue weighted by Gasteiger charge is -2.54. The van der Waals surface area contributed by atoms with Crippen molar-refractivity contribution in [2.24, 2.45) is 11.3 Å². The van der Waals surface area contributed by atoms with Gasteiger partial charge in [-0.2, -0.15) is 0 Å². The zero-order chi connectivity index (χ0) is 8.77. The van der Waals surface area contributed by atoms with E-state index in [1.807, 2.05) is 0 Å². The van der Waals surface area contributed by atoms with Gasteiger partial charge in [-0.25, -0.2) is 0 Å². The molecule has 0 amide bonds. The van der Waals surface area contributed by atoms with Crippen molar-refractivity contribution in [3.63, 3.8) is 0 Å². The van der Waals surface area contributed by atoms with Crippen LogP contribution in [0.2, 0.25) is 6.32 Å². The molecular formula is C8H13BO3. The Hall–Kier alpha value is -0.345. The van der Waals surface area contributed by atoms with Crippen LogP contribution < -0.4 is 0 Å². The van der Waals surface area contributed by atoms with Crippen LogP contribution in [0.4, 0.5) is 0 Å². The molecule has 1 spiro atoms. The molecule has 2 aliphatic carbocycles. The Morgan fingerprint density at radius 3 is 2.50 bits per heavy atom. The molecule has 2 fully saturated rings. The zero-order valence-corrected chi connectivity index (χ0v) is 6.99. The highest BCUT2D eigenvalue weighted by molar-refractivity contribution is 6.41. The fourth-order valence-corrected chi connectivity index (χ4v) is 2.53. The molecule has 0 aromatic rings. The highest BCUT2D eigenvalue weighted by Crippen LogP contribution is 2.58.